The second kappa shape index (κ2) is 9.96. The Hall–Kier alpha value is -3.18. The highest BCUT2D eigenvalue weighted by Crippen LogP contribution is 2.32. The number of nitrogens with one attached hydrogen (secondary N) is 2. The van der Waals surface area contributed by atoms with Crippen LogP contribution in [-0.4, -0.2) is 44.7 Å². The molecule has 32 heavy (non-hydrogen) atoms. The first-order chi connectivity index (χ1) is 15.1. The number of benzene rings is 2. The molecule has 0 saturated carbocycles. The fourth-order valence-corrected chi connectivity index (χ4v) is 3.31. The lowest BCUT2D eigenvalue weighted by molar-refractivity contribution is -0.148. The Balaban J connectivity index is 1.83. The van der Waals surface area contributed by atoms with Crippen molar-refractivity contribution in [2.45, 2.75) is 12.6 Å². The van der Waals surface area contributed by atoms with Crippen molar-refractivity contribution in [2.75, 3.05) is 6.54 Å². The zero-order chi connectivity index (χ0) is 23.4. The molecule has 0 spiro atoms. The number of carbonyl (C=O) groups excluding carboxylic acids is 1. The van der Waals surface area contributed by atoms with Crippen LogP contribution in [0.15, 0.2) is 51.8 Å². The fourth-order valence-electron chi connectivity index (χ4n) is 2.83. The molecule has 168 valence electrons. The Morgan fingerprint density at radius 2 is 1.94 bits per heavy atom. The van der Waals surface area contributed by atoms with Crippen LogP contribution in [0.3, 0.4) is 0 Å². The molecule has 0 unspecified atom stereocenters. The van der Waals surface area contributed by atoms with Crippen LogP contribution >= 0.6 is 23.2 Å². The lowest BCUT2D eigenvalue weighted by Gasteiger charge is -2.24. The number of hydrogen-bond donors (Lipinski definition) is 4. The monoisotopic (exact) mass is 483 g/mol. The summed E-state index contributed by atoms with van der Waals surface area (Å²) < 4.78 is 18.8. The molecule has 1 amide bonds. The van der Waals surface area contributed by atoms with E-state index in [-0.39, 0.29) is 22.9 Å². The number of hydrazine groups is 1. The molecule has 1 heterocycles. The van der Waals surface area contributed by atoms with Crippen LogP contribution in [-0.2, 0) is 11.3 Å². The number of halogens is 3. The van der Waals surface area contributed by atoms with E-state index in [0.29, 0.717) is 16.1 Å². The largest absolute Gasteiger partial charge is 0.479 e. The van der Waals surface area contributed by atoms with Gasteiger partial charge in [-0.1, -0.05) is 35.3 Å². The number of aromatic amines is 1. The number of carboxylic acids is 1. The number of aliphatic hydroxyl groups excluding tert-OH is 1. The summed E-state index contributed by atoms with van der Waals surface area (Å²) in [5.41, 5.74) is 3.45. The first-order valence-corrected chi connectivity index (χ1v) is 9.79. The quantitative estimate of drug-likeness (QED) is 0.361. The van der Waals surface area contributed by atoms with Crippen LogP contribution in [0.2, 0.25) is 10.0 Å². The van der Waals surface area contributed by atoms with E-state index in [9.17, 15) is 23.9 Å². The number of oxazole rings is 1. The zero-order valence-electron chi connectivity index (χ0n) is 16.1. The van der Waals surface area contributed by atoms with Crippen molar-refractivity contribution in [3.05, 3.63) is 80.3 Å². The van der Waals surface area contributed by atoms with Crippen molar-refractivity contribution < 1.29 is 28.6 Å². The summed E-state index contributed by atoms with van der Waals surface area (Å²) in [6.07, 6.45) is -0.780. The predicted molar refractivity (Wildman–Crippen MR) is 113 cm³/mol. The molecule has 1 atom stereocenters. The van der Waals surface area contributed by atoms with Gasteiger partial charge in [0.25, 0.3) is 0 Å². The van der Waals surface area contributed by atoms with Crippen molar-refractivity contribution in [2.24, 2.45) is 0 Å². The van der Waals surface area contributed by atoms with Gasteiger partial charge < -0.3 is 14.6 Å². The highest BCUT2D eigenvalue weighted by molar-refractivity contribution is 6.34. The topological polar surface area (TPSA) is 136 Å². The van der Waals surface area contributed by atoms with Gasteiger partial charge >= 0.3 is 17.6 Å². The molecule has 0 saturated heterocycles. The van der Waals surface area contributed by atoms with Gasteiger partial charge in [0.15, 0.2) is 6.10 Å². The number of aliphatic carboxylic acids is 1. The summed E-state index contributed by atoms with van der Waals surface area (Å²) in [6.45, 7) is -0.569. The smallest absolute Gasteiger partial charge is 0.416 e. The number of nitrogens with zero attached hydrogens (tertiary/aromatic N) is 1. The molecule has 3 rings (SSSR count). The van der Waals surface area contributed by atoms with Gasteiger partial charge in [-0.3, -0.25) is 15.2 Å². The van der Waals surface area contributed by atoms with Gasteiger partial charge in [-0.15, -0.1) is 0 Å². The minimum atomic E-state index is -1.82. The minimum absolute atomic E-state index is 0.0806. The van der Waals surface area contributed by atoms with Gasteiger partial charge in [-0.05, 0) is 29.8 Å². The van der Waals surface area contributed by atoms with Crippen LogP contribution in [0, 0.1) is 5.82 Å². The molecule has 12 heteroatoms. The van der Waals surface area contributed by atoms with Gasteiger partial charge in [-0.2, -0.15) is 0 Å². The molecular weight excluding hydrogens is 468 g/mol. The Morgan fingerprint density at radius 1 is 1.19 bits per heavy atom. The van der Waals surface area contributed by atoms with E-state index in [1.807, 2.05) is 0 Å². The van der Waals surface area contributed by atoms with Crippen molar-refractivity contribution >= 4 is 35.1 Å². The summed E-state index contributed by atoms with van der Waals surface area (Å²) in [5.74, 6) is -4.04. The average molecular weight is 484 g/mol. The molecule has 9 nitrogen and oxygen atoms in total. The predicted octanol–water partition coefficient (Wildman–Crippen LogP) is 2.67. The maximum atomic E-state index is 14.2. The van der Waals surface area contributed by atoms with Gasteiger partial charge in [0.2, 0.25) is 5.76 Å². The molecule has 0 radical (unpaired) electrons. The summed E-state index contributed by atoms with van der Waals surface area (Å²) >= 11 is 12.3. The summed E-state index contributed by atoms with van der Waals surface area (Å²) in [7, 11) is 0. The molecular formula is C20H16Cl2FN3O6. The Labute approximate surface area is 190 Å². The van der Waals surface area contributed by atoms with Crippen molar-refractivity contribution in [3.63, 3.8) is 0 Å². The second-order valence-corrected chi connectivity index (χ2v) is 7.50. The van der Waals surface area contributed by atoms with Crippen LogP contribution < -0.4 is 11.2 Å². The van der Waals surface area contributed by atoms with Gasteiger partial charge in [0, 0.05) is 27.7 Å². The van der Waals surface area contributed by atoms with Crippen molar-refractivity contribution in [3.8, 4) is 11.1 Å². The van der Waals surface area contributed by atoms with E-state index < -0.39 is 36.1 Å². The number of rotatable bonds is 8. The molecule has 2 aromatic carbocycles. The van der Waals surface area contributed by atoms with Crippen molar-refractivity contribution in [1.82, 2.24) is 15.4 Å². The molecule has 3 aromatic rings. The highest BCUT2D eigenvalue weighted by atomic mass is 35.5. The third-order valence-corrected chi connectivity index (χ3v) is 4.86. The molecule has 0 aliphatic heterocycles. The number of hydrogen-bond acceptors (Lipinski definition) is 6. The maximum absolute atomic E-state index is 14.2. The third-order valence-electron chi connectivity index (χ3n) is 4.31. The SMILES string of the molecule is O=C(NN(Cc1ccc(-c2cc(Cl)ccc2F)c(Cl)c1)C[C@@H](O)C(=O)O)c1c[nH]c(=O)o1. The van der Waals surface area contributed by atoms with Crippen LogP contribution in [0.25, 0.3) is 11.1 Å². The van der Waals surface area contributed by atoms with E-state index in [4.69, 9.17) is 28.3 Å². The van der Waals surface area contributed by atoms with Crippen LogP contribution in [0.1, 0.15) is 16.1 Å². The Morgan fingerprint density at radius 3 is 2.56 bits per heavy atom. The second-order valence-electron chi connectivity index (χ2n) is 6.66. The number of aromatic nitrogens is 1. The van der Waals surface area contributed by atoms with Gasteiger partial charge in [0.05, 0.1) is 12.7 Å². The number of amides is 1. The first-order valence-electron chi connectivity index (χ1n) is 9.03. The Bertz CT molecular complexity index is 1210. The molecule has 0 fully saturated rings. The van der Waals surface area contributed by atoms with Gasteiger partial charge in [0.1, 0.15) is 5.82 Å². The van der Waals surface area contributed by atoms with E-state index in [1.165, 1.54) is 24.3 Å². The summed E-state index contributed by atoms with van der Waals surface area (Å²) in [5, 5.41) is 20.3. The van der Waals surface area contributed by atoms with E-state index in [2.05, 4.69) is 14.8 Å². The number of aliphatic hydroxyl groups is 1. The molecule has 0 bridgehead atoms. The normalized spacial score (nSPS) is 12.0. The average Bonchev–Trinajstić information content (AvgIpc) is 3.16. The minimum Gasteiger partial charge on any atom is -0.479 e. The lowest BCUT2D eigenvalue weighted by atomic mass is 10.0. The molecule has 0 aliphatic rings. The lowest BCUT2D eigenvalue weighted by Crippen LogP contribution is -2.47. The summed E-state index contributed by atoms with van der Waals surface area (Å²) in [6, 6.07) is 8.68. The maximum Gasteiger partial charge on any atom is 0.416 e. The number of H-pyrrole nitrogens is 1. The number of carbonyl (C=O) groups is 2. The first kappa shape index (κ1) is 23.5. The molecule has 1 aromatic heterocycles. The number of carboxylic acid groups (broad SMARTS) is 1. The van der Waals surface area contributed by atoms with Crippen LogP contribution in [0.5, 0.6) is 0 Å². The zero-order valence-corrected chi connectivity index (χ0v) is 17.7. The highest BCUT2D eigenvalue weighted by Gasteiger charge is 2.22. The van der Waals surface area contributed by atoms with Crippen molar-refractivity contribution in [1.29, 1.82) is 0 Å². The van der Waals surface area contributed by atoms with Gasteiger partial charge in [-0.25, -0.2) is 19.0 Å². The third kappa shape index (κ3) is 5.74. The standard InChI is InChI=1S/C20H16Cl2FN3O6/c21-11-2-4-15(23)13(6-11)12-3-1-10(5-14(12)22)8-26(9-16(27)19(29)30)25-18(28)17-7-24-20(31)32-17/h1-7,16,27H,8-9H2,(H,24,31)(H,25,28)(H,29,30)/t16-/m1/s1. The van der Waals surface area contributed by atoms with E-state index in [1.54, 1.807) is 12.1 Å². The van der Waals surface area contributed by atoms with E-state index >= 15 is 0 Å². The molecule has 0 aliphatic carbocycles. The van der Waals surface area contributed by atoms with E-state index in [0.717, 1.165) is 11.2 Å². The molecule has 4 N–H and O–H groups in total. The summed E-state index contributed by atoms with van der Waals surface area (Å²) in [4.78, 5) is 36.6. The fraction of sp³-hybridized carbons (Fsp3) is 0.150. The Kier molecular flexibility index (Phi) is 7.31. The van der Waals surface area contributed by atoms with Crippen LogP contribution in [0.4, 0.5) is 4.39 Å².